The first kappa shape index (κ1) is 21.7. The maximum atomic E-state index is 13.4. The van der Waals surface area contributed by atoms with Crippen LogP contribution in [0.2, 0.25) is 0 Å². The first-order chi connectivity index (χ1) is 16.1. The molecule has 0 bridgehead atoms. The Morgan fingerprint density at radius 2 is 1.97 bits per heavy atom. The van der Waals surface area contributed by atoms with Crippen molar-refractivity contribution in [1.82, 2.24) is 15.2 Å². The van der Waals surface area contributed by atoms with E-state index in [2.05, 4.69) is 27.3 Å². The van der Waals surface area contributed by atoms with Gasteiger partial charge in [-0.3, -0.25) is 9.69 Å². The van der Waals surface area contributed by atoms with E-state index in [1.807, 2.05) is 12.1 Å². The van der Waals surface area contributed by atoms with Crippen molar-refractivity contribution in [3.63, 3.8) is 0 Å². The fraction of sp³-hybridized carbons (Fsp3) is 0.407. The van der Waals surface area contributed by atoms with Gasteiger partial charge in [0.25, 0.3) is 5.91 Å². The van der Waals surface area contributed by atoms with E-state index in [0.29, 0.717) is 17.1 Å². The van der Waals surface area contributed by atoms with Crippen LogP contribution >= 0.6 is 0 Å². The summed E-state index contributed by atoms with van der Waals surface area (Å²) in [7, 11) is 0. The molecule has 2 aromatic carbocycles. The smallest absolute Gasteiger partial charge is 0.267 e. The topological polar surface area (TPSA) is 71.9 Å². The summed E-state index contributed by atoms with van der Waals surface area (Å²) >= 11 is 0. The SMILES string of the molecule is N#Cc1ccc2c(c1)CN(CCC1CCC(NC(=O)c3cc4ccc(F)cc4[nH]3)CC1)CC2. The summed E-state index contributed by atoms with van der Waals surface area (Å²) in [5.41, 5.74) is 4.55. The first-order valence-electron chi connectivity index (χ1n) is 11.9. The monoisotopic (exact) mass is 444 g/mol. The highest BCUT2D eigenvalue weighted by atomic mass is 19.1. The molecule has 3 aromatic rings. The number of aromatic nitrogens is 1. The number of halogens is 1. The Balaban J connectivity index is 1.08. The van der Waals surface area contributed by atoms with Gasteiger partial charge in [-0.15, -0.1) is 0 Å². The molecule has 1 saturated carbocycles. The minimum absolute atomic E-state index is 0.112. The maximum absolute atomic E-state index is 13.4. The van der Waals surface area contributed by atoms with E-state index in [4.69, 9.17) is 5.26 Å². The lowest BCUT2D eigenvalue weighted by molar-refractivity contribution is 0.0915. The molecule has 0 unspecified atom stereocenters. The number of nitrogens with zero attached hydrogens (tertiary/aromatic N) is 2. The van der Waals surface area contributed by atoms with Gasteiger partial charge in [-0.1, -0.05) is 6.07 Å². The lowest BCUT2D eigenvalue weighted by Gasteiger charge is -2.33. The van der Waals surface area contributed by atoms with Gasteiger partial charge in [0.05, 0.1) is 11.6 Å². The van der Waals surface area contributed by atoms with Gasteiger partial charge < -0.3 is 10.3 Å². The summed E-state index contributed by atoms with van der Waals surface area (Å²) in [4.78, 5) is 18.2. The number of fused-ring (bicyclic) bond motifs is 2. The Morgan fingerprint density at radius 3 is 2.79 bits per heavy atom. The average Bonchev–Trinajstić information content (AvgIpc) is 3.26. The molecule has 0 saturated heterocycles. The number of carbonyl (C=O) groups excluding carboxylic acids is 1. The third-order valence-electron chi connectivity index (χ3n) is 7.29. The molecule has 0 radical (unpaired) electrons. The normalized spacial score (nSPS) is 20.8. The molecule has 170 valence electrons. The van der Waals surface area contributed by atoms with Crippen molar-refractivity contribution in [2.24, 2.45) is 5.92 Å². The number of carbonyl (C=O) groups is 1. The average molecular weight is 445 g/mol. The largest absolute Gasteiger partial charge is 0.350 e. The van der Waals surface area contributed by atoms with Crippen molar-refractivity contribution in [3.05, 3.63) is 70.7 Å². The fourth-order valence-corrected chi connectivity index (χ4v) is 5.32. The molecule has 0 atom stereocenters. The molecule has 2 heterocycles. The number of nitrogens with one attached hydrogen (secondary N) is 2. The Labute approximate surface area is 193 Å². The number of hydrogen-bond donors (Lipinski definition) is 2. The van der Waals surface area contributed by atoms with E-state index in [1.54, 1.807) is 12.1 Å². The van der Waals surface area contributed by atoms with Gasteiger partial charge in [0.15, 0.2) is 0 Å². The van der Waals surface area contributed by atoms with E-state index < -0.39 is 0 Å². The second kappa shape index (κ2) is 9.36. The molecule has 5 nitrogen and oxygen atoms in total. The van der Waals surface area contributed by atoms with Crippen molar-refractivity contribution < 1.29 is 9.18 Å². The van der Waals surface area contributed by atoms with Crippen molar-refractivity contribution in [2.45, 2.75) is 51.1 Å². The summed E-state index contributed by atoms with van der Waals surface area (Å²) in [6, 6.07) is 14.8. The number of benzene rings is 2. The number of H-pyrrole nitrogens is 1. The third kappa shape index (κ3) is 4.94. The van der Waals surface area contributed by atoms with Gasteiger partial charge in [-0.05, 0) is 98.5 Å². The van der Waals surface area contributed by atoms with Crippen molar-refractivity contribution in [3.8, 4) is 6.07 Å². The molecular formula is C27H29FN4O. The molecule has 1 aromatic heterocycles. The van der Waals surface area contributed by atoms with Crippen molar-refractivity contribution in [2.75, 3.05) is 13.1 Å². The Kier molecular flexibility index (Phi) is 6.15. The zero-order valence-electron chi connectivity index (χ0n) is 18.7. The highest BCUT2D eigenvalue weighted by Crippen LogP contribution is 2.29. The highest BCUT2D eigenvalue weighted by molar-refractivity contribution is 5.98. The fourth-order valence-electron chi connectivity index (χ4n) is 5.32. The molecule has 1 aliphatic carbocycles. The molecule has 6 heteroatoms. The van der Waals surface area contributed by atoms with Crippen molar-refractivity contribution >= 4 is 16.8 Å². The van der Waals surface area contributed by atoms with Crippen molar-refractivity contribution in [1.29, 1.82) is 5.26 Å². The van der Waals surface area contributed by atoms with E-state index in [0.717, 1.165) is 62.7 Å². The Hall–Kier alpha value is -3.17. The molecule has 2 aliphatic rings. The number of nitriles is 1. The predicted octanol–water partition coefficient (Wildman–Crippen LogP) is 4.92. The van der Waals surface area contributed by atoms with Gasteiger partial charge in [0.1, 0.15) is 11.5 Å². The molecule has 33 heavy (non-hydrogen) atoms. The molecule has 1 aliphatic heterocycles. The summed E-state index contributed by atoms with van der Waals surface area (Å²) in [5, 5.41) is 13.2. The summed E-state index contributed by atoms with van der Waals surface area (Å²) in [6.45, 7) is 3.10. The minimum atomic E-state index is -0.310. The summed E-state index contributed by atoms with van der Waals surface area (Å²) < 4.78 is 13.4. The quantitative estimate of drug-likeness (QED) is 0.587. The third-order valence-corrected chi connectivity index (χ3v) is 7.29. The van der Waals surface area contributed by atoms with Crippen LogP contribution in [-0.2, 0) is 13.0 Å². The summed E-state index contributed by atoms with van der Waals surface area (Å²) in [6.07, 6.45) is 6.50. The lowest BCUT2D eigenvalue weighted by atomic mass is 9.84. The van der Waals surface area contributed by atoms with Crippen LogP contribution in [0.1, 0.15) is 59.3 Å². The van der Waals surface area contributed by atoms with Crippen LogP contribution in [0.4, 0.5) is 4.39 Å². The number of aromatic amines is 1. The van der Waals surface area contributed by atoms with Gasteiger partial charge in [0, 0.05) is 30.0 Å². The van der Waals surface area contributed by atoms with Gasteiger partial charge >= 0.3 is 0 Å². The van der Waals surface area contributed by atoms with Crippen LogP contribution in [0.3, 0.4) is 0 Å². The highest BCUT2D eigenvalue weighted by Gasteiger charge is 2.24. The van der Waals surface area contributed by atoms with E-state index >= 15 is 0 Å². The van der Waals surface area contributed by atoms with E-state index in [-0.39, 0.29) is 17.8 Å². The molecule has 0 spiro atoms. The second-order valence-electron chi connectivity index (χ2n) is 9.52. The summed E-state index contributed by atoms with van der Waals surface area (Å²) in [5.74, 6) is 0.273. The van der Waals surface area contributed by atoms with Crippen LogP contribution in [0.15, 0.2) is 42.5 Å². The second-order valence-corrected chi connectivity index (χ2v) is 9.52. The molecule has 1 amide bonds. The van der Waals surface area contributed by atoms with Gasteiger partial charge in [-0.25, -0.2) is 4.39 Å². The molecular weight excluding hydrogens is 415 g/mol. The van der Waals surface area contributed by atoms with Crippen LogP contribution in [0, 0.1) is 23.1 Å². The zero-order chi connectivity index (χ0) is 22.8. The van der Waals surface area contributed by atoms with Gasteiger partial charge in [-0.2, -0.15) is 5.26 Å². The van der Waals surface area contributed by atoms with Crippen LogP contribution in [-0.4, -0.2) is 34.9 Å². The van der Waals surface area contributed by atoms with Crippen LogP contribution in [0.25, 0.3) is 10.9 Å². The number of hydrogen-bond acceptors (Lipinski definition) is 3. The molecule has 5 rings (SSSR count). The van der Waals surface area contributed by atoms with Crippen LogP contribution in [0.5, 0.6) is 0 Å². The lowest BCUT2D eigenvalue weighted by Crippen LogP contribution is -2.38. The predicted molar refractivity (Wildman–Crippen MR) is 126 cm³/mol. The van der Waals surface area contributed by atoms with Crippen LogP contribution < -0.4 is 5.32 Å². The first-order valence-corrected chi connectivity index (χ1v) is 11.9. The van der Waals surface area contributed by atoms with E-state index in [1.165, 1.54) is 29.7 Å². The van der Waals surface area contributed by atoms with Gasteiger partial charge in [0.2, 0.25) is 0 Å². The minimum Gasteiger partial charge on any atom is -0.350 e. The Morgan fingerprint density at radius 1 is 1.12 bits per heavy atom. The number of rotatable bonds is 5. The number of amides is 1. The molecule has 1 fully saturated rings. The Bertz CT molecular complexity index is 1200. The molecule has 2 N–H and O–H groups in total. The maximum Gasteiger partial charge on any atom is 0.267 e. The zero-order valence-corrected chi connectivity index (χ0v) is 18.7. The standard InChI is InChI=1S/C27H29FN4O/c28-23-6-5-21-14-26(31-25(21)15-23)27(33)30-24-7-2-18(3-8-24)9-11-32-12-10-20-4-1-19(16-29)13-22(20)17-32/h1,4-6,13-15,18,24,31H,2-3,7-12,17H2,(H,30,33). The van der Waals surface area contributed by atoms with E-state index in [9.17, 15) is 9.18 Å².